The van der Waals surface area contributed by atoms with E-state index in [-0.39, 0.29) is 12.2 Å². The summed E-state index contributed by atoms with van der Waals surface area (Å²) in [6.45, 7) is 3.80. The first-order valence-corrected chi connectivity index (χ1v) is 13.2. The Balaban J connectivity index is 1.90. The topological polar surface area (TPSA) is 67.1 Å². The quantitative estimate of drug-likeness (QED) is 0.424. The third kappa shape index (κ3) is 4.90. The number of thiazole rings is 1. The lowest BCUT2D eigenvalue weighted by Crippen LogP contribution is -2.39. The van der Waals surface area contributed by atoms with Crippen LogP contribution in [0.15, 0.2) is 68.0 Å². The molecule has 1 aliphatic rings. The van der Waals surface area contributed by atoms with E-state index in [1.165, 1.54) is 11.3 Å². The van der Waals surface area contributed by atoms with E-state index in [4.69, 9.17) is 4.74 Å². The van der Waals surface area contributed by atoms with E-state index in [1.807, 2.05) is 86.5 Å². The van der Waals surface area contributed by atoms with Gasteiger partial charge in [0.2, 0.25) is 0 Å². The van der Waals surface area contributed by atoms with Crippen molar-refractivity contribution in [1.82, 2.24) is 4.57 Å². The van der Waals surface area contributed by atoms with E-state index < -0.39 is 12.0 Å². The molecule has 0 saturated carbocycles. The Morgan fingerprint density at radius 2 is 1.83 bits per heavy atom. The molecule has 36 heavy (non-hydrogen) atoms. The number of hydrogen-bond donors (Lipinski definition) is 0. The van der Waals surface area contributed by atoms with Crippen LogP contribution in [0.1, 0.15) is 31.0 Å². The van der Waals surface area contributed by atoms with Gasteiger partial charge in [-0.2, -0.15) is 0 Å². The lowest BCUT2D eigenvalue weighted by molar-refractivity contribution is -0.139. The first-order chi connectivity index (χ1) is 17.1. The van der Waals surface area contributed by atoms with E-state index in [0.29, 0.717) is 20.6 Å². The Hall–Kier alpha value is -3.17. The number of benzene rings is 2. The molecule has 2 aromatic carbocycles. The van der Waals surface area contributed by atoms with Gasteiger partial charge >= 0.3 is 5.97 Å². The van der Waals surface area contributed by atoms with Gasteiger partial charge in [-0.3, -0.25) is 9.36 Å². The summed E-state index contributed by atoms with van der Waals surface area (Å²) in [6, 6.07) is 13.2. The van der Waals surface area contributed by atoms with Gasteiger partial charge in [0.05, 0.1) is 34.1 Å². The van der Waals surface area contributed by atoms with E-state index in [9.17, 15) is 9.59 Å². The Labute approximate surface area is 222 Å². The molecule has 0 saturated heterocycles. The van der Waals surface area contributed by atoms with Gasteiger partial charge in [-0.15, -0.1) is 0 Å². The fraction of sp³-hybridized carbons (Fsp3) is 0.296. The summed E-state index contributed by atoms with van der Waals surface area (Å²) in [5, 5.41) is 0. The second-order valence-electron chi connectivity index (χ2n) is 8.89. The van der Waals surface area contributed by atoms with E-state index in [2.05, 4.69) is 20.9 Å². The summed E-state index contributed by atoms with van der Waals surface area (Å²) in [6.07, 6.45) is 1.86. The molecule has 0 spiro atoms. The minimum Gasteiger partial charge on any atom is -0.463 e. The summed E-state index contributed by atoms with van der Waals surface area (Å²) in [4.78, 5) is 36.0. The van der Waals surface area contributed by atoms with Gasteiger partial charge < -0.3 is 14.5 Å². The minimum absolute atomic E-state index is 0.192. The Bertz CT molecular complexity index is 1520. The standard InChI is InChI=1S/C27H29BrN4O3S/c1-7-35-26(34)23-16(2)29-27-32(24(23)18-9-11-19(12-10-18)30(3)4)25(33)22(36-27)15-17-8-13-21(31(5)6)20(28)14-17/h8-15,24H,7H2,1-6H3/b22-15-/t24-/m0/s1. The minimum atomic E-state index is -0.624. The molecule has 0 N–H and O–H groups in total. The molecule has 188 valence electrons. The molecule has 0 amide bonds. The molecule has 1 aromatic heterocycles. The average molecular weight is 570 g/mol. The fourth-order valence-electron chi connectivity index (χ4n) is 4.19. The summed E-state index contributed by atoms with van der Waals surface area (Å²) < 4.78 is 8.47. The summed E-state index contributed by atoms with van der Waals surface area (Å²) in [5.74, 6) is -0.460. The Morgan fingerprint density at radius 1 is 1.14 bits per heavy atom. The number of aromatic nitrogens is 1. The summed E-state index contributed by atoms with van der Waals surface area (Å²) in [7, 11) is 7.89. The number of nitrogens with zero attached hydrogens (tertiary/aromatic N) is 4. The maximum absolute atomic E-state index is 13.7. The zero-order valence-corrected chi connectivity index (χ0v) is 23.6. The van der Waals surface area contributed by atoms with Crippen molar-refractivity contribution in [2.75, 3.05) is 44.6 Å². The van der Waals surface area contributed by atoms with Gasteiger partial charge in [-0.1, -0.05) is 29.5 Å². The number of halogens is 1. The average Bonchev–Trinajstić information content (AvgIpc) is 3.12. The number of allylic oxidation sites excluding steroid dienone is 1. The number of rotatable bonds is 6. The van der Waals surface area contributed by atoms with Crippen LogP contribution in [-0.4, -0.2) is 45.3 Å². The molecule has 1 aliphatic heterocycles. The number of esters is 1. The van der Waals surface area contributed by atoms with Crippen LogP contribution in [0.5, 0.6) is 0 Å². The third-order valence-corrected chi connectivity index (χ3v) is 7.61. The van der Waals surface area contributed by atoms with E-state index in [0.717, 1.165) is 27.0 Å². The normalized spacial score (nSPS) is 15.4. The number of hydrogen-bond acceptors (Lipinski definition) is 7. The number of carbonyl (C=O) groups is 1. The van der Waals surface area contributed by atoms with Crippen LogP contribution in [0.25, 0.3) is 6.08 Å². The van der Waals surface area contributed by atoms with Gasteiger partial charge in [0.25, 0.3) is 5.56 Å². The van der Waals surface area contributed by atoms with Crippen molar-refractivity contribution in [1.29, 1.82) is 0 Å². The second kappa shape index (κ2) is 10.4. The molecule has 1 atom stereocenters. The molecule has 2 heterocycles. The van der Waals surface area contributed by atoms with Crippen molar-refractivity contribution >= 4 is 50.7 Å². The number of anilines is 2. The number of carbonyl (C=O) groups excluding carboxylic acids is 1. The van der Waals surface area contributed by atoms with Crippen molar-refractivity contribution in [3.8, 4) is 0 Å². The molecular weight excluding hydrogens is 540 g/mol. The SMILES string of the molecule is CCOC(=O)C1=C(C)N=c2s/c(=C\c3ccc(N(C)C)c(Br)c3)c(=O)n2[C@H]1c1ccc(N(C)C)cc1. The monoisotopic (exact) mass is 568 g/mol. The maximum Gasteiger partial charge on any atom is 0.338 e. The molecule has 9 heteroatoms. The van der Waals surface area contributed by atoms with Gasteiger partial charge in [-0.25, -0.2) is 9.79 Å². The predicted molar refractivity (Wildman–Crippen MR) is 150 cm³/mol. The van der Waals surface area contributed by atoms with Crippen molar-refractivity contribution in [2.45, 2.75) is 19.9 Å². The van der Waals surface area contributed by atoms with Gasteiger partial charge in [-0.05, 0) is 71.2 Å². The van der Waals surface area contributed by atoms with Crippen LogP contribution < -0.4 is 24.7 Å². The zero-order valence-electron chi connectivity index (χ0n) is 21.2. The highest BCUT2D eigenvalue weighted by molar-refractivity contribution is 9.10. The van der Waals surface area contributed by atoms with Gasteiger partial charge in [0.1, 0.15) is 0 Å². The van der Waals surface area contributed by atoms with Gasteiger partial charge in [0, 0.05) is 38.4 Å². The maximum atomic E-state index is 13.7. The first-order valence-electron chi connectivity index (χ1n) is 11.6. The highest BCUT2D eigenvalue weighted by Gasteiger charge is 2.33. The Morgan fingerprint density at radius 3 is 2.42 bits per heavy atom. The predicted octanol–water partition coefficient (Wildman–Crippen LogP) is 3.69. The van der Waals surface area contributed by atoms with E-state index >= 15 is 0 Å². The highest BCUT2D eigenvalue weighted by Crippen LogP contribution is 2.32. The largest absolute Gasteiger partial charge is 0.463 e. The molecule has 0 aliphatic carbocycles. The first kappa shape index (κ1) is 25.9. The van der Waals surface area contributed by atoms with Crippen molar-refractivity contribution in [3.63, 3.8) is 0 Å². The van der Waals surface area contributed by atoms with E-state index in [1.54, 1.807) is 18.4 Å². The van der Waals surface area contributed by atoms with Crippen LogP contribution in [0, 0.1) is 0 Å². The Kier molecular flexibility index (Phi) is 7.51. The molecule has 4 rings (SSSR count). The smallest absolute Gasteiger partial charge is 0.338 e. The highest BCUT2D eigenvalue weighted by atomic mass is 79.9. The van der Waals surface area contributed by atoms with Crippen LogP contribution >= 0.6 is 27.3 Å². The van der Waals surface area contributed by atoms with Crippen LogP contribution in [0.3, 0.4) is 0 Å². The molecule has 0 radical (unpaired) electrons. The van der Waals surface area contributed by atoms with Crippen LogP contribution in [0.2, 0.25) is 0 Å². The molecule has 3 aromatic rings. The number of fused-ring (bicyclic) bond motifs is 1. The molecule has 0 fully saturated rings. The number of ether oxygens (including phenoxy) is 1. The van der Waals surface area contributed by atoms with Crippen molar-refractivity contribution in [3.05, 3.63) is 89.0 Å². The second-order valence-corrected chi connectivity index (χ2v) is 10.8. The van der Waals surface area contributed by atoms with Crippen LogP contribution in [-0.2, 0) is 9.53 Å². The third-order valence-electron chi connectivity index (χ3n) is 5.99. The molecule has 0 unspecified atom stereocenters. The molecule has 0 bridgehead atoms. The van der Waals surface area contributed by atoms with Gasteiger partial charge in [0.15, 0.2) is 4.80 Å². The molecule has 7 nitrogen and oxygen atoms in total. The fourth-order valence-corrected chi connectivity index (χ4v) is 5.99. The lowest BCUT2D eigenvalue weighted by Gasteiger charge is -2.25. The molecular formula is C27H29BrN4O3S. The van der Waals surface area contributed by atoms with Crippen molar-refractivity contribution in [2.24, 2.45) is 4.99 Å². The summed E-state index contributed by atoms with van der Waals surface area (Å²) >= 11 is 4.94. The zero-order chi connectivity index (χ0) is 26.1. The lowest BCUT2D eigenvalue weighted by atomic mass is 9.95. The van der Waals surface area contributed by atoms with Crippen molar-refractivity contribution < 1.29 is 9.53 Å². The van der Waals surface area contributed by atoms with Crippen LogP contribution in [0.4, 0.5) is 11.4 Å². The summed E-state index contributed by atoms with van der Waals surface area (Å²) in [5.41, 5.74) is 4.53.